The number of aliphatic hydroxyl groups excluding tert-OH is 4. The van der Waals surface area contributed by atoms with Crippen molar-refractivity contribution in [1.82, 2.24) is 0 Å². The van der Waals surface area contributed by atoms with Crippen molar-refractivity contribution in [2.45, 2.75) is 160 Å². The smallest absolute Gasteiger partial charge is 0.333 e. The van der Waals surface area contributed by atoms with Crippen LogP contribution in [0.5, 0.6) is 0 Å². The average molecular weight is 989 g/mol. The Morgan fingerprint density at radius 2 is 1.13 bits per heavy atom. The first-order valence-corrected chi connectivity index (χ1v) is 25.2. The van der Waals surface area contributed by atoms with E-state index in [4.69, 9.17) is 39.0 Å². The highest BCUT2D eigenvalue weighted by atomic mass is 32.2. The van der Waals surface area contributed by atoms with Gasteiger partial charge in [0.1, 0.15) is 4.75 Å². The number of hydrogen-bond donors (Lipinski definition) is 4. The molecule has 6 unspecified atom stereocenters. The Bertz CT molecular complexity index is 1820. The molecule has 2 rings (SSSR count). The lowest BCUT2D eigenvalue weighted by Crippen LogP contribution is -2.44. The van der Waals surface area contributed by atoms with Gasteiger partial charge >= 0.3 is 29.8 Å². The zero-order valence-electron chi connectivity index (χ0n) is 42.9. The van der Waals surface area contributed by atoms with E-state index in [9.17, 15) is 29.1 Å². The SMILES string of the molecule is C=C(C)C(=O)OCCCCC(O)CO.CCCCOC(=O)CCSC(C)(CC(C)(CC(CC(C)(CC(C)(C)c1ccccc1)C(=O)OC)c1ccccc1)C(=O)OC)C(=O)OCCCCC(O)CO. The lowest BCUT2D eigenvalue weighted by molar-refractivity contribution is -0.156. The molecule has 15 heteroatoms. The van der Waals surface area contributed by atoms with Crippen molar-refractivity contribution in [2.75, 3.05) is 53.0 Å². The lowest BCUT2D eigenvalue weighted by Gasteiger charge is -2.41. The normalized spacial score (nSPS) is 15.3. The van der Waals surface area contributed by atoms with Gasteiger partial charge in [-0.1, -0.05) is 94.4 Å². The first-order chi connectivity index (χ1) is 32.6. The lowest BCUT2D eigenvalue weighted by atomic mass is 9.64. The minimum atomic E-state index is -1.28. The summed E-state index contributed by atoms with van der Waals surface area (Å²) in [5.74, 6) is -2.21. The van der Waals surface area contributed by atoms with Crippen LogP contribution in [-0.4, -0.2) is 120 Å². The van der Waals surface area contributed by atoms with Crippen LogP contribution in [0.4, 0.5) is 0 Å². The molecule has 0 radical (unpaired) electrons. The average Bonchev–Trinajstić information content (AvgIpc) is 3.33. The van der Waals surface area contributed by atoms with Crippen LogP contribution in [0.1, 0.15) is 149 Å². The van der Waals surface area contributed by atoms with Gasteiger partial charge in [0, 0.05) is 11.3 Å². The van der Waals surface area contributed by atoms with Crippen LogP contribution >= 0.6 is 11.8 Å². The standard InChI is InChI=1S/C44H66O10S.C10H18O4/c1-9-10-25-53-37(47)24-27-55-44(6,40(50)54-26-18-17-23-36(46)30-45)32-43(5,39(49)52-8)29-34(33-19-13-11-14-20-33)28-42(4,38(48)51-7)31-41(2,3)35-21-15-12-16-22-35;1-8(2)10(13)14-6-4-3-5-9(12)7-11/h11-16,19-22,34,36,45-46H,9-10,17-18,23-32H2,1-8H3;9,11-12H,1,3-7H2,2H3. The highest BCUT2D eigenvalue weighted by Crippen LogP contribution is 2.50. The van der Waals surface area contributed by atoms with Gasteiger partial charge < -0.3 is 44.1 Å². The number of hydrogen-bond acceptors (Lipinski definition) is 15. The number of benzene rings is 2. The fraction of sp³-hybridized carbons (Fsp3) is 0.648. The maximum absolute atomic E-state index is 14.0. The molecule has 6 atom stereocenters. The van der Waals surface area contributed by atoms with Gasteiger partial charge in [-0.2, -0.15) is 0 Å². The van der Waals surface area contributed by atoms with Gasteiger partial charge in [-0.15, -0.1) is 11.8 Å². The van der Waals surface area contributed by atoms with Crippen molar-refractivity contribution in [3.8, 4) is 0 Å². The molecule has 0 amide bonds. The van der Waals surface area contributed by atoms with E-state index in [-0.39, 0.29) is 68.7 Å². The summed E-state index contributed by atoms with van der Waals surface area (Å²) >= 11 is 1.25. The van der Waals surface area contributed by atoms with Crippen LogP contribution in [0.2, 0.25) is 0 Å². The predicted molar refractivity (Wildman–Crippen MR) is 269 cm³/mol. The molecule has 390 valence electrons. The van der Waals surface area contributed by atoms with E-state index in [0.29, 0.717) is 63.7 Å². The summed E-state index contributed by atoms with van der Waals surface area (Å²) in [5.41, 5.74) is -0.197. The molecule has 0 bridgehead atoms. The summed E-state index contributed by atoms with van der Waals surface area (Å²) in [6, 6.07) is 19.8. The molecule has 4 N–H and O–H groups in total. The third-order valence-electron chi connectivity index (χ3n) is 12.2. The molecule has 0 aliphatic heterocycles. The molecule has 0 spiro atoms. The van der Waals surface area contributed by atoms with E-state index in [2.05, 4.69) is 32.6 Å². The molecule has 0 saturated heterocycles. The Morgan fingerprint density at radius 3 is 1.61 bits per heavy atom. The van der Waals surface area contributed by atoms with Gasteiger partial charge in [-0.3, -0.25) is 19.2 Å². The summed E-state index contributed by atoms with van der Waals surface area (Å²) in [7, 11) is 2.73. The molecule has 0 fully saturated rings. The van der Waals surface area contributed by atoms with E-state index in [0.717, 1.165) is 30.4 Å². The molecule has 2 aromatic rings. The van der Waals surface area contributed by atoms with Crippen molar-refractivity contribution in [1.29, 1.82) is 0 Å². The molecule has 2 aromatic carbocycles. The number of carbonyl (C=O) groups is 5. The van der Waals surface area contributed by atoms with Crippen molar-refractivity contribution in [2.24, 2.45) is 10.8 Å². The van der Waals surface area contributed by atoms with Gasteiger partial charge in [0.2, 0.25) is 0 Å². The van der Waals surface area contributed by atoms with E-state index in [1.54, 1.807) is 20.8 Å². The highest BCUT2D eigenvalue weighted by Gasteiger charge is 2.50. The minimum Gasteiger partial charge on any atom is -0.469 e. The fourth-order valence-electron chi connectivity index (χ4n) is 8.48. The number of aliphatic hydroxyl groups is 4. The summed E-state index contributed by atoms with van der Waals surface area (Å²) in [6.45, 7) is 16.9. The van der Waals surface area contributed by atoms with E-state index < -0.39 is 45.1 Å². The van der Waals surface area contributed by atoms with E-state index >= 15 is 0 Å². The minimum absolute atomic E-state index is 0.0259. The molecule has 0 aliphatic rings. The second kappa shape index (κ2) is 32.6. The summed E-state index contributed by atoms with van der Waals surface area (Å²) in [5, 5.41) is 36.3. The molecular weight excluding hydrogens is 905 g/mol. The second-order valence-corrected chi connectivity index (χ2v) is 20.9. The number of unbranched alkanes of at least 4 members (excludes halogenated alkanes) is 3. The summed E-state index contributed by atoms with van der Waals surface area (Å²) in [4.78, 5) is 65.3. The Hall–Kier alpha value is -4.28. The zero-order chi connectivity index (χ0) is 52.1. The van der Waals surface area contributed by atoms with E-state index in [1.165, 1.54) is 26.0 Å². The number of rotatable bonds is 33. The van der Waals surface area contributed by atoms with Crippen molar-refractivity contribution in [3.05, 3.63) is 83.9 Å². The maximum Gasteiger partial charge on any atom is 0.333 e. The first-order valence-electron chi connectivity index (χ1n) is 24.2. The Balaban J connectivity index is 0.00000146. The van der Waals surface area contributed by atoms with Crippen LogP contribution in [0, 0.1) is 10.8 Å². The van der Waals surface area contributed by atoms with Gasteiger partial charge in [-0.25, -0.2) is 4.79 Å². The second-order valence-electron chi connectivity index (χ2n) is 19.3. The van der Waals surface area contributed by atoms with Crippen molar-refractivity contribution < 1.29 is 68.1 Å². The summed E-state index contributed by atoms with van der Waals surface area (Å²) < 4.78 is 25.6. The Morgan fingerprint density at radius 1 is 0.652 bits per heavy atom. The van der Waals surface area contributed by atoms with Gasteiger partial charge in [0.15, 0.2) is 0 Å². The van der Waals surface area contributed by atoms with Crippen LogP contribution in [-0.2, 0) is 53.1 Å². The number of thioether (sulfide) groups is 1. The molecule has 0 aromatic heterocycles. The number of ether oxygens (including phenoxy) is 5. The topological polar surface area (TPSA) is 212 Å². The molecule has 69 heavy (non-hydrogen) atoms. The zero-order valence-corrected chi connectivity index (χ0v) is 43.7. The highest BCUT2D eigenvalue weighted by molar-refractivity contribution is 8.01. The maximum atomic E-state index is 14.0. The molecular formula is C54H84O14S. The van der Waals surface area contributed by atoms with Crippen LogP contribution in [0.25, 0.3) is 0 Å². The van der Waals surface area contributed by atoms with E-state index in [1.807, 2.05) is 62.4 Å². The monoisotopic (exact) mass is 989 g/mol. The fourth-order valence-corrected chi connectivity index (χ4v) is 9.79. The van der Waals surface area contributed by atoms with Crippen molar-refractivity contribution in [3.63, 3.8) is 0 Å². The molecule has 0 heterocycles. The van der Waals surface area contributed by atoms with Gasteiger partial charge in [0.05, 0.1) is 76.7 Å². The quantitative estimate of drug-likeness (QED) is 0.0228. The first kappa shape index (κ1) is 62.7. The molecule has 14 nitrogen and oxygen atoms in total. The van der Waals surface area contributed by atoms with Gasteiger partial charge in [-0.05, 0) is 121 Å². The van der Waals surface area contributed by atoms with Crippen LogP contribution < -0.4 is 0 Å². The number of methoxy groups -OCH3 is 2. The summed E-state index contributed by atoms with van der Waals surface area (Å²) in [6.07, 6.45) is 4.66. The van der Waals surface area contributed by atoms with Crippen molar-refractivity contribution >= 4 is 41.6 Å². The number of esters is 5. The molecule has 0 saturated carbocycles. The third kappa shape index (κ3) is 23.5. The van der Waals surface area contributed by atoms with Gasteiger partial charge in [0.25, 0.3) is 0 Å². The Kier molecular flexibility index (Phi) is 29.6. The van der Waals surface area contributed by atoms with Crippen LogP contribution in [0.15, 0.2) is 72.8 Å². The molecule has 0 aliphatic carbocycles. The predicted octanol–water partition coefficient (Wildman–Crippen LogP) is 8.59. The third-order valence-corrected chi connectivity index (χ3v) is 13.5. The number of carbonyl (C=O) groups excluding carboxylic acids is 5. The largest absolute Gasteiger partial charge is 0.469 e. The Labute approximate surface area is 416 Å². The van der Waals surface area contributed by atoms with Crippen LogP contribution in [0.3, 0.4) is 0 Å².